The Kier molecular flexibility index (Phi) is 4.28. The number of thiocarbonyl (C=S) groups is 1. The van der Waals surface area contributed by atoms with E-state index in [0.717, 1.165) is 25.9 Å². The fourth-order valence-electron chi connectivity index (χ4n) is 1.60. The molecule has 80 valence electrons. The average molecular weight is 216 g/mol. The predicted octanol–water partition coefficient (Wildman–Crippen LogP) is 0.300. The topological polar surface area (TPSA) is 55.6 Å². The van der Waals surface area contributed by atoms with Crippen LogP contribution >= 0.6 is 12.2 Å². The number of methoxy groups -OCH3 is 1. The van der Waals surface area contributed by atoms with Gasteiger partial charge in [0.05, 0.1) is 17.5 Å². The van der Waals surface area contributed by atoms with Gasteiger partial charge in [0.2, 0.25) is 5.91 Å². The van der Waals surface area contributed by atoms with E-state index in [1.165, 1.54) is 0 Å². The van der Waals surface area contributed by atoms with Crippen molar-refractivity contribution in [3.8, 4) is 0 Å². The molecule has 1 aliphatic heterocycles. The number of rotatable bonds is 3. The van der Waals surface area contributed by atoms with Gasteiger partial charge >= 0.3 is 0 Å². The first-order chi connectivity index (χ1) is 6.63. The van der Waals surface area contributed by atoms with Crippen molar-refractivity contribution in [3.05, 3.63) is 0 Å². The lowest BCUT2D eigenvalue weighted by molar-refractivity contribution is -0.132. The maximum atomic E-state index is 11.5. The summed E-state index contributed by atoms with van der Waals surface area (Å²) in [5.74, 6) is 0.0343. The molecule has 0 saturated carbocycles. The Bertz CT molecular complexity index is 225. The molecule has 1 heterocycles. The molecule has 2 N–H and O–H groups in total. The highest BCUT2D eigenvalue weighted by molar-refractivity contribution is 7.80. The van der Waals surface area contributed by atoms with E-state index >= 15 is 0 Å². The van der Waals surface area contributed by atoms with Crippen molar-refractivity contribution in [1.82, 2.24) is 4.90 Å². The summed E-state index contributed by atoms with van der Waals surface area (Å²) in [6.07, 6.45) is 2.29. The lowest BCUT2D eigenvalue weighted by atomic mass is 10.1. The number of hydrogen-bond donors (Lipinski definition) is 1. The van der Waals surface area contributed by atoms with Gasteiger partial charge in [0, 0.05) is 20.2 Å². The van der Waals surface area contributed by atoms with Crippen molar-refractivity contribution >= 4 is 23.1 Å². The van der Waals surface area contributed by atoms with Gasteiger partial charge in [0.25, 0.3) is 0 Å². The van der Waals surface area contributed by atoms with Gasteiger partial charge in [0.15, 0.2) is 0 Å². The fraction of sp³-hybridized carbons (Fsp3) is 0.778. The molecule has 1 fully saturated rings. The van der Waals surface area contributed by atoms with Gasteiger partial charge in [-0.3, -0.25) is 4.79 Å². The minimum absolute atomic E-state index is 0.0343. The fourth-order valence-corrected chi connectivity index (χ4v) is 1.73. The maximum Gasteiger partial charge on any atom is 0.229 e. The molecule has 0 bridgehead atoms. The number of amides is 1. The Morgan fingerprint density at radius 2 is 2.14 bits per heavy atom. The van der Waals surface area contributed by atoms with Crippen LogP contribution in [0.1, 0.15) is 19.3 Å². The summed E-state index contributed by atoms with van der Waals surface area (Å²) in [6.45, 7) is 1.50. The minimum Gasteiger partial charge on any atom is -0.393 e. The number of hydrogen-bond acceptors (Lipinski definition) is 3. The van der Waals surface area contributed by atoms with Crippen LogP contribution < -0.4 is 5.73 Å². The van der Waals surface area contributed by atoms with Gasteiger partial charge in [-0.2, -0.15) is 0 Å². The van der Waals surface area contributed by atoms with E-state index in [2.05, 4.69) is 0 Å². The number of piperidine rings is 1. The Balaban J connectivity index is 2.34. The van der Waals surface area contributed by atoms with Crippen LogP contribution in [0.2, 0.25) is 0 Å². The Labute approximate surface area is 89.4 Å². The van der Waals surface area contributed by atoms with Crippen LogP contribution in [0.5, 0.6) is 0 Å². The van der Waals surface area contributed by atoms with Crippen molar-refractivity contribution in [1.29, 1.82) is 0 Å². The second-order valence-corrected chi connectivity index (χ2v) is 3.98. The van der Waals surface area contributed by atoms with Gasteiger partial charge in [0.1, 0.15) is 0 Å². The van der Waals surface area contributed by atoms with E-state index in [4.69, 9.17) is 22.7 Å². The summed E-state index contributed by atoms with van der Waals surface area (Å²) >= 11 is 4.69. The number of carbonyl (C=O) groups is 1. The first kappa shape index (κ1) is 11.4. The highest BCUT2D eigenvalue weighted by Crippen LogP contribution is 2.13. The SMILES string of the molecule is COC1CCN(C(=O)CC(N)=S)CC1. The predicted molar refractivity (Wildman–Crippen MR) is 58.0 cm³/mol. The van der Waals surface area contributed by atoms with Gasteiger partial charge in [-0.05, 0) is 12.8 Å². The summed E-state index contributed by atoms with van der Waals surface area (Å²) in [5.41, 5.74) is 5.31. The van der Waals surface area contributed by atoms with E-state index in [0.29, 0.717) is 6.10 Å². The molecule has 1 rings (SSSR count). The van der Waals surface area contributed by atoms with E-state index in [9.17, 15) is 4.79 Å². The van der Waals surface area contributed by atoms with Crippen LogP contribution in [-0.4, -0.2) is 42.1 Å². The zero-order valence-electron chi connectivity index (χ0n) is 8.36. The molecule has 0 radical (unpaired) electrons. The molecule has 5 heteroatoms. The first-order valence-corrected chi connectivity index (χ1v) is 5.13. The van der Waals surface area contributed by atoms with Crippen LogP contribution in [0, 0.1) is 0 Å². The largest absolute Gasteiger partial charge is 0.393 e. The summed E-state index contributed by atoms with van der Waals surface area (Å²) < 4.78 is 5.21. The van der Waals surface area contributed by atoms with Crippen LogP contribution in [0.15, 0.2) is 0 Å². The first-order valence-electron chi connectivity index (χ1n) is 4.72. The molecular weight excluding hydrogens is 200 g/mol. The van der Waals surface area contributed by atoms with Crippen LogP contribution in [0.25, 0.3) is 0 Å². The number of ether oxygens (including phenoxy) is 1. The second kappa shape index (κ2) is 5.26. The van der Waals surface area contributed by atoms with Crippen molar-refractivity contribution in [2.45, 2.75) is 25.4 Å². The van der Waals surface area contributed by atoms with Crippen LogP contribution in [0.3, 0.4) is 0 Å². The molecule has 14 heavy (non-hydrogen) atoms. The van der Waals surface area contributed by atoms with Crippen LogP contribution in [-0.2, 0) is 9.53 Å². The lowest BCUT2D eigenvalue weighted by Crippen LogP contribution is -2.41. The molecule has 0 aromatic rings. The van der Waals surface area contributed by atoms with Gasteiger partial charge in [-0.15, -0.1) is 0 Å². The summed E-state index contributed by atoms with van der Waals surface area (Å²) in [4.78, 5) is 13.6. The smallest absolute Gasteiger partial charge is 0.229 e. The molecule has 0 atom stereocenters. The highest BCUT2D eigenvalue weighted by Gasteiger charge is 2.22. The van der Waals surface area contributed by atoms with E-state index in [1.807, 2.05) is 0 Å². The maximum absolute atomic E-state index is 11.5. The summed E-state index contributed by atoms with van der Waals surface area (Å²) in [7, 11) is 1.71. The summed E-state index contributed by atoms with van der Waals surface area (Å²) in [6, 6.07) is 0. The van der Waals surface area contributed by atoms with Crippen molar-refractivity contribution < 1.29 is 9.53 Å². The molecule has 4 nitrogen and oxygen atoms in total. The molecule has 1 aliphatic rings. The third kappa shape index (κ3) is 3.23. The molecule has 0 aromatic heterocycles. The Morgan fingerprint density at radius 3 is 2.57 bits per heavy atom. The third-order valence-corrected chi connectivity index (χ3v) is 2.60. The quantitative estimate of drug-likeness (QED) is 0.689. The normalized spacial score (nSPS) is 18.2. The highest BCUT2D eigenvalue weighted by atomic mass is 32.1. The van der Waals surface area contributed by atoms with Crippen LogP contribution in [0.4, 0.5) is 0 Å². The zero-order chi connectivity index (χ0) is 10.6. The summed E-state index contributed by atoms with van der Waals surface area (Å²) in [5, 5.41) is 0. The monoisotopic (exact) mass is 216 g/mol. The van der Waals surface area contributed by atoms with Crippen molar-refractivity contribution in [2.24, 2.45) is 5.73 Å². The number of nitrogens with two attached hydrogens (primary N) is 1. The molecule has 1 saturated heterocycles. The molecule has 0 unspecified atom stereocenters. The molecule has 0 spiro atoms. The molecule has 0 aliphatic carbocycles. The van der Waals surface area contributed by atoms with Gasteiger partial charge < -0.3 is 15.4 Å². The van der Waals surface area contributed by atoms with Crippen molar-refractivity contribution in [2.75, 3.05) is 20.2 Å². The van der Waals surface area contributed by atoms with E-state index in [-0.39, 0.29) is 17.3 Å². The third-order valence-electron chi connectivity index (χ3n) is 2.45. The average Bonchev–Trinajstić information content (AvgIpc) is 2.17. The lowest BCUT2D eigenvalue weighted by Gasteiger charge is -2.31. The standard InChI is InChI=1S/C9H16N2O2S/c1-13-7-2-4-11(5-3-7)9(12)6-8(10)14/h7H,2-6H2,1H3,(H2,10,14). The van der Waals surface area contributed by atoms with Gasteiger partial charge in [-0.1, -0.05) is 12.2 Å². The second-order valence-electron chi connectivity index (χ2n) is 3.46. The number of nitrogens with zero attached hydrogens (tertiary/aromatic N) is 1. The number of carbonyl (C=O) groups excluding carboxylic acids is 1. The molecule has 1 amide bonds. The molecule has 0 aromatic carbocycles. The Hall–Kier alpha value is -0.680. The number of likely N-dealkylation sites (tertiary alicyclic amines) is 1. The van der Waals surface area contributed by atoms with Gasteiger partial charge in [-0.25, -0.2) is 0 Å². The zero-order valence-corrected chi connectivity index (χ0v) is 9.18. The molecular formula is C9H16N2O2S. The Morgan fingerprint density at radius 1 is 1.57 bits per heavy atom. The van der Waals surface area contributed by atoms with Crippen molar-refractivity contribution in [3.63, 3.8) is 0 Å². The van der Waals surface area contributed by atoms with E-state index < -0.39 is 0 Å². The van der Waals surface area contributed by atoms with E-state index in [1.54, 1.807) is 12.0 Å². The minimum atomic E-state index is 0.0343.